The average molecular weight is 394 g/mol. The first-order chi connectivity index (χ1) is 14.0. The van der Waals surface area contributed by atoms with Gasteiger partial charge in [-0.1, -0.05) is 6.92 Å². The van der Waals surface area contributed by atoms with Crippen molar-refractivity contribution in [3.8, 4) is 5.75 Å². The number of ether oxygens (including phenoxy) is 1. The van der Waals surface area contributed by atoms with Gasteiger partial charge >= 0.3 is 5.97 Å². The molecular formula is C23H26N2O4. The van der Waals surface area contributed by atoms with Crippen molar-refractivity contribution in [1.29, 1.82) is 0 Å². The Balaban J connectivity index is 1.65. The van der Waals surface area contributed by atoms with Gasteiger partial charge in [0.2, 0.25) is 0 Å². The molecular weight excluding hydrogens is 368 g/mol. The SMILES string of the molecule is C[C@H]1COc2cc(C(=O)N3CCCCC3)ccc2N(c2ccc(C(=O)O)cc2)C1. The first kappa shape index (κ1) is 19.3. The number of hydrogen-bond donors (Lipinski definition) is 1. The van der Waals surface area contributed by atoms with E-state index in [9.17, 15) is 9.59 Å². The summed E-state index contributed by atoms with van der Waals surface area (Å²) in [6, 6.07) is 12.5. The van der Waals surface area contributed by atoms with Gasteiger partial charge in [0.15, 0.2) is 0 Å². The fraction of sp³-hybridized carbons (Fsp3) is 0.391. The minimum Gasteiger partial charge on any atom is -0.491 e. The van der Waals surface area contributed by atoms with Crippen LogP contribution in [0.5, 0.6) is 5.75 Å². The van der Waals surface area contributed by atoms with E-state index in [2.05, 4.69) is 11.8 Å². The Morgan fingerprint density at radius 3 is 2.38 bits per heavy atom. The van der Waals surface area contributed by atoms with Crippen LogP contribution < -0.4 is 9.64 Å². The number of nitrogens with zero attached hydrogens (tertiary/aromatic N) is 2. The zero-order valence-electron chi connectivity index (χ0n) is 16.6. The first-order valence-corrected chi connectivity index (χ1v) is 10.2. The number of carbonyl (C=O) groups excluding carboxylic acids is 1. The van der Waals surface area contributed by atoms with Crippen LogP contribution in [0, 0.1) is 5.92 Å². The van der Waals surface area contributed by atoms with E-state index in [-0.39, 0.29) is 17.4 Å². The number of aromatic carboxylic acids is 1. The summed E-state index contributed by atoms with van der Waals surface area (Å²) in [4.78, 5) is 28.1. The quantitative estimate of drug-likeness (QED) is 0.846. The second-order valence-corrected chi connectivity index (χ2v) is 7.91. The Labute approximate surface area is 170 Å². The third kappa shape index (κ3) is 4.06. The number of amides is 1. The Morgan fingerprint density at radius 2 is 1.69 bits per heavy atom. The number of carbonyl (C=O) groups is 2. The second kappa shape index (κ2) is 8.15. The van der Waals surface area contributed by atoms with Gasteiger partial charge in [0.25, 0.3) is 5.91 Å². The van der Waals surface area contributed by atoms with Gasteiger partial charge in [0.1, 0.15) is 5.75 Å². The summed E-state index contributed by atoms with van der Waals surface area (Å²) in [5.41, 5.74) is 2.72. The summed E-state index contributed by atoms with van der Waals surface area (Å²) < 4.78 is 6.05. The molecule has 2 aliphatic heterocycles. The predicted molar refractivity (Wildman–Crippen MR) is 111 cm³/mol. The van der Waals surface area contributed by atoms with E-state index in [4.69, 9.17) is 9.84 Å². The highest BCUT2D eigenvalue weighted by Gasteiger charge is 2.25. The molecule has 6 heteroatoms. The number of carboxylic acids is 1. The number of likely N-dealkylation sites (tertiary alicyclic amines) is 1. The number of fused-ring (bicyclic) bond motifs is 1. The summed E-state index contributed by atoms with van der Waals surface area (Å²) >= 11 is 0. The van der Waals surface area contributed by atoms with Crippen LogP contribution in [0.25, 0.3) is 0 Å². The lowest BCUT2D eigenvalue weighted by atomic mass is 10.1. The molecule has 152 valence electrons. The average Bonchev–Trinajstić information content (AvgIpc) is 2.92. The van der Waals surface area contributed by atoms with Gasteiger partial charge in [-0.15, -0.1) is 0 Å². The molecule has 4 rings (SSSR count). The Morgan fingerprint density at radius 1 is 1.00 bits per heavy atom. The predicted octanol–water partition coefficient (Wildman–Crippen LogP) is 4.18. The molecule has 0 unspecified atom stereocenters. The van der Waals surface area contributed by atoms with Gasteiger partial charge in [-0.25, -0.2) is 4.79 Å². The highest BCUT2D eigenvalue weighted by Crippen LogP contribution is 2.38. The Bertz CT molecular complexity index is 904. The topological polar surface area (TPSA) is 70.1 Å². The minimum absolute atomic E-state index is 0.0609. The van der Waals surface area contributed by atoms with Gasteiger partial charge < -0.3 is 19.6 Å². The van der Waals surface area contributed by atoms with Crippen molar-refractivity contribution >= 4 is 23.3 Å². The third-order valence-corrected chi connectivity index (χ3v) is 5.58. The number of carboxylic acid groups (broad SMARTS) is 1. The first-order valence-electron chi connectivity index (χ1n) is 10.2. The molecule has 1 fully saturated rings. The molecule has 1 N–H and O–H groups in total. The van der Waals surface area contributed by atoms with E-state index in [0.717, 1.165) is 43.9 Å². The minimum atomic E-state index is -0.939. The van der Waals surface area contributed by atoms with Crippen LogP contribution in [0.2, 0.25) is 0 Å². The highest BCUT2D eigenvalue weighted by atomic mass is 16.5. The molecule has 29 heavy (non-hydrogen) atoms. The molecule has 2 heterocycles. The molecule has 1 saturated heterocycles. The summed E-state index contributed by atoms with van der Waals surface area (Å²) in [5, 5.41) is 9.15. The van der Waals surface area contributed by atoms with Crippen molar-refractivity contribution in [2.45, 2.75) is 26.2 Å². The van der Waals surface area contributed by atoms with Gasteiger partial charge in [0.05, 0.1) is 17.9 Å². The van der Waals surface area contributed by atoms with E-state index in [1.54, 1.807) is 12.1 Å². The van der Waals surface area contributed by atoms with Gasteiger partial charge in [0, 0.05) is 36.8 Å². The van der Waals surface area contributed by atoms with Crippen LogP contribution in [-0.2, 0) is 0 Å². The summed E-state index contributed by atoms with van der Waals surface area (Å²) in [7, 11) is 0. The summed E-state index contributed by atoms with van der Waals surface area (Å²) in [5.74, 6) is 0.0958. The maximum atomic E-state index is 12.9. The van der Waals surface area contributed by atoms with E-state index in [0.29, 0.717) is 17.9 Å². The van der Waals surface area contributed by atoms with Crippen LogP contribution in [0.4, 0.5) is 11.4 Å². The fourth-order valence-corrected chi connectivity index (χ4v) is 3.99. The monoisotopic (exact) mass is 394 g/mol. The van der Waals surface area contributed by atoms with Crippen molar-refractivity contribution in [3.63, 3.8) is 0 Å². The molecule has 2 aromatic carbocycles. The van der Waals surface area contributed by atoms with E-state index in [1.165, 1.54) is 6.42 Å². The lowest BCUT2D eigenvalue weighted by molar-refractivity contribution is 0.0694. The van der Waals surface area contributed by atoms with Crippen LogP contribution >= 0.6 is 0 Å². The van der Waals surface area contributed by atoms with Crippen LogP contribution in [0.1, 0.15) is 46.9 Å². The second-order valence-electron chi connectivity index (χ2n) is 7.91. The van der Waals surface area contributed by atoms with Gasteiger partial charge in [-0.2, -0.15) is 0 Å². The molecule has 0 aromatic heterocycles. The molecule has 0 saturated carbocycles. The summed E-state index contributed by atoms with van der Waals surface area (Å²) in [6.07, 6.45) is 3.31. The van der Waals surface area contributed by atoms with Crippen molar-refractivity contribution in [3.05, 3.63) is 53.6 Å². The Kier molecular flexibility index (Phi) is 5.43. The molecule has 0 bridgehead atoms. The molecule has 6 nitrogen and oxygen atoms in total. The van der Waals surface area contributed by atoms with Crippen molar-refractivity contribution < 1.29 is 19.4 Å². The maximum Gasteiger partial charge on any atom is 0.335 e. The third-order valence-electron chi connectivity index (χ3n) is 5.58. The van der Waals surface area contributed by atoms with Crippen LogP contribution in [-0.4, -0.2) is 48.1 Å². The molecule has 1 amide bonds. The molecule has 1 atom stereocenters. The lowest BCUT2D eigenvalue weighted by Gasteiger charge is -2.28. The highest BCUT2D eigenvalue weighted by molar-refractivity contribution is 5.95. The standard InChI is InChI=1S/C23H26N2O4/c1-16-14-25(19-8-5-17(6-9-19)23(27)28)20-10-7-18(13-21(20)29-15-16)22(26)24-11-3-2-4-12-24/h5-10,13,16H,2-4,11-12,14-15H2,1H3,(H,27,28)/t16-/m1/s1. The fourth-order valence-electron chi connectivity index (χ4n) is 3.99. The number of hydrogen-bond acceptors (Lipinski definition) is 4. The number of piperidine rings is 1. The normalized spacial score (nSPS) is 19.1. The number of rotatable bonds is 3. The molecule has 0 spiro atoms. The maximum absolute atomic E-state index is 12.9. The number of anilines is 2. The van der Waals surface area contributed by atoms with Gasteiger partial charge in [-0.05, 0) is 61.7 Å². The van der Waals surface area contributed by atoms with Crippen LogP contribution in [0.3, 0.4) is 0 Å². The van der Waals surface area contributed by atoms with Crippen molar-refractivity contribution in [1.82, 2.24) is 4.90 Å². The van der Waals surface area contributed by atoms with Crippen molar-refractivity contribution in [2.24, 2.45) is 5.92 Å². The zero-order chi connectivity index (χ0) is 20.4. The van der Waals surface area contributed by atoms with E-state index < -0.39 is 5.97 Å². The Hall–Kier alpha value is -3.02. The summed E-state index contributed by atoms with van der Waals surface area (Å²) in [6.45, 7) is 5.06. The van der Waals surface area contributed by atoms with E-state index in [1.807, 2.05) is 35.2 Å². The molecule has 0 radical (unpaired) electrons. The molecule has 2 aliphatic rings. The molecule has 0 aliphatic carbocycles. The van der Waals surface area contributed by atoms with E-state index >= 15 is 0 Å². The van der Waals surface area contributed by atoms with Crippen molar-refractivity contribution in [2.75, 3.05) is 31.1 Å². The lowest BCUT2D eigenvalue weighted by Crippen LogP contribution is -2.35. The van der Waals surface area contributed by atoms with Gasteiger partial charge in [-0.3, -0.25) is 4.79 Å². The smallest absolute Gasteiger partial charge is 0.335 e. The zero-order valence-corrected chi connectivity index (χ0v) is 16.6. The largest absolute Gasteiger partial charge is 0.491 e. The molecule has 2 aromatic rings. The van der Waals surface area contributed by atoms with Crippen LogP contribution in [0.15, 0.2) is 42.5 Å². The number of benzene rings is 2.